The highest BCUT2D eigenvalue weighted by molar-refractivity contribution is 7.20. The highest BCUT2D eigenvalue weighted by atomic mass is 32.1. The molecule has 3 aromatic heterocycles. The molecule has 118 valence electrons. The van der Waals surface area contributed by atoms with E-state index in [2.05, 4.69) is 15.3 Å². The van der Waals surface area contributed by atoms with Gasteiger partial charge >= 0.3 is 0 Å². The predicted octanol–water partition coefficient (Wildman–Crippen LogP) is 4.31. The van der Waals surface area contributed by atoms with E-state index < -0.39 is 0 Å². The molecule has 0 saturated heterocycles. The van der Waals surface area contributed by atoms with Gasteiger partial charge in [-0.05, 0) is 23.6 Å². The molecule has 0 radical (unpaired) electrons. The lowest BCUT2D eigenvalue weighted by Crippen LogP contribution is -2.14. The largest absolute Gasteiger partial charge is 0.319 e. The van der Waals surface area contributed by atoms with Crippen LogP contribution in [0.1, 0.15) is 10.5 Å². The molecule has 7 heteroatoms. The third-order valence-electron chi connectivity index (χ3n) is 3.40. The molecule has 0 aliphatic carbocycles. The summed E-state index contributed by atoms with van der Waals surface area (Å²) in [5.41, 5.74) is 1.99. The fraction of sp³-hybridized carbons (Fsp3) is 0. The van der Waals surface area contributed by atoms with Crippen molar-refractivity contribution in [2.75, 3.05) is 5.32 Å². The van der Waals surface area contributed by atoms with Gasteiger partial charge in [0.05, 0.1) is 22.6 Å². The van der Waals surface area contributed by atoms with Crippen molar-refractivity contribution >= 4 is 34.3 Å². The number of rotatable bonds is 4. The average Bonchev–Trinajstić information content (AvgIpc) is 3.35. The molecule has 3 heterocycles. The van der Waals surface area contributed by atoms with Crippen molar-refractivity contribution in [3.63, 3.8) is 0 Å². The van der Waals surface area contributed by atoms with E-state index in [1.807, 2.05) is 52.5 Å². The summed E-state index contributed by atoms with van der Waals surface area (Å²) in [5, 5.41) is 7.57. The molecule has 0 spiro atoms. The Bertz CT molecular complexity index is 958. The number of thiazole rings is 1. The second-order valence-electron chi connectivity index (χ2n) is 4.96. The lowest BCUT2D eigenvalue weighted by molar-refractivity contribution is 0.102. The van der Waals surface area contributed by atoms with Crippen LogP contribution in [0.5, 0.6) is 0 Å². The monoisotopic (exact) mass is 352 g/mol. The summed E-state index contributed by atoms with van der Waals surface area (Å²) in [6.45, 7) is 0. The number of aromatic nitrogens is 3. The molecule has 0 aliphatic heterocycles. The summed E-state index contributed by atoms with van der Waals surface area (Å²) in [5.74, 6) is -0.221. The van der Waals surface area contributed by atoms with Gasteiger partial charge in [0.1, 0.15) is 10.7 Å². The zero-order valence-corrected chi connectivity index (χ0v) is 14.1. The maximum absolute atomic E-state index is 12.5. The summed E-state index contributed by atoms with van der Waals surface area (Å²) in [6.07, 6.45) is 5.23. The van der Waals surface area contributed by atoms with Crippen LogP contribution in [0.15, 0.2) is 65.9 Å². The van der Waals surface area contributed by atoms with E-state index in [4.69, 9.17) is 0 Å². The van der Waals surface area contributed by atoms with Gasteiger partial charge in [-0.25, -0.2) is 9.97 Å². The van der Waals surface area contributed by atoms with E-state index in [1.165, 1.54) is 11.3 Å². The van der Waals surface area contributed by atoms with Gasteiger partial charge in [-0.3, -0.25) is 4.79 Å². The van der Waals surface area contributed by atoms with E-state index in [0.717, 1.165) is 15.6 Å². The van der Waals surface area contributed by atoms with Crippen LogP contribution >= 0.6 is 22.7 Å². The first kappa shape index (κ1) is 14.8. The van der Waals surface area contributed by atoms with Crippen LogP contribution in [0.3, 0.4) is 0 Å². The number of amides is 1. The molecular formula is C17H12N4OS2. The zero-order chi connectivity index (χ0) is 16.4. The van der Waals surface area contributed by atoms with E-state index in [0.29, 0.717) is 11.4 Å². The maximum atomic E-state index is 12.5. The van der Waals surface area contributed by atoms with Crippen LogP contribution in [-0.4, -0.2) is 20.4 Å². The minimum Gasteiger partial charge on any atom is -0.319 e. The summed E-state index contributed by atoms with van der Waals surface area (Å²) < 4.78 is 1.85. The van der Waals surface area contributed by atoms with Crippen molar-refractivity contribution in [1.82, 2.24) is 14.5 Å². The van der Waals surface area contributed by atoms with Gasteiger partial charge in [-0.1, -0.05) is 18.2 Å². The van der Waals surface area contributed by atoms with E-state index in [1.54, 1.807) is 29.2 Å². The molecule has 1 amide bonds. The summed E-state index contributed by atoms with van der Waals surface area (Å²) in [4.78, 5) is 22.1. The average molecular weight is 352 g/mol. The normalized spacial score (nSPS) is 10.7. The fourth-order valence-electron chi connectivity index (χ4n) is 2.28. The zero-order valence-electron chi connectivity index (χ0n) is 12.4. The van der Waals surface area contributed by atoms with E-state index in [9.17, 15) is 4.79 Å². The molecular weight excluding hydrogens is 340 g/mol. The second kappa shape index (κ2) is 6.38. The third-order valence-corrected chi connectivity index (χ3v) is 5.28. The molecule has 4 aromatic rings. The molecule has 4 rings (SSSR count). The van der Waals surface area contributed by atoms with Gasteiger partial charge in [-0.2, -0.15) is 0 Å². The van der Waals surface area contributed by atoms with Gasteiger partial charge in [-0.15, -0.1) is 22.7 Å². The first-order valence-corrected chi connectivity index (χ1v) is 8.95. The van der Waals surface area contributed by atoms with Gasteiger partial charge in [0.15, 0.2) is 0 Å². The lowest BCUT2D eigenvalue weighted by Gasteiger charge is -2.10. The van der Waals surface area contributed by atoms with Crippen LogP contribution in [0.2, 0.25) is 0 Å². The number of carbonyl (C=O) groups excluding carboxylic acids is 1. The molecule has 0 aliphatic rings. The lowest BCUT2D eigenvalue weighted by atomic mass is 10.2. The highest BCUT2D eigenvalue weighted by Gasteiger charge is 2.14. The Kier molecular flexibility index (Phi) is 3.94. The van der Waals surface area contributed by atoms with Crippen molar-refractivity contribution in [3.05, 3.63) is 71.6 Å². The molecule has 0 unspecified atom stereocenters. The molecule has 0 fully saturated rings. The molecule has 1 N–H and O–H groups in total. The number of nitrogens with zero attached hydrogens (tertiary/aromatic N) is 3. The fourth-order valence-corrected chi connectivity index (χ4v) is 3.90. The Balaban J connectivity index is 1.59. The van der Waals surface area contributed by atoms with Gasteiger partial charge in [0.2, 0.25) is 0 Å². The van der Waals surface area contributed by atoms with E-state index >= 15 is 0 Å². The number of nitrogens with one attached hydrogen (secondary N) is 1. The molecule has 1 aromatic carbocycles. The number of thiophene rings is 1. The van der Waals surface area contributed by atoms with Crippen molar-refractivity contribution in [2.24, 2.45) is 0 Å². The number of hydrogen-bond acceptors (Lipinski definition) is 5. The Hall–Kier alpha value is -2.77. The van der Waals surface area contributed by atoms with Crippen LogP contribution in [0, 0.1) is 0 Å². The maximum Gasteiger partial charge on any atom is 0.275 e. The highest BCUT2D eigenvalue weighted by Crippen LogP contribution is 2.28. The van der Waals surface area contributed by atoms with Crippen LogP contribution < -0.4 is 5.32 Å². The smallest absolute Gasteiger partial charge is 0.275 e. The SMILES string of the molecule is O=C(Nc1ccccc1-n1ccnc1)c1csc(-c2cccs2)n1. The second-order valence-corrected chi connectivity index (χ2v) is 6.76. The Labute approximate surface area is 146 Å². The number of para-hydroxylation sites is 2. The number of hydrogen-bond donors (Lipinski definition) is 1. The number of imidazole rings is 1. The van der Waals surface area contributed by atoms with Crippen molar-refractivity contribution < 1.29 is 4.79 Å². The number of benzene rings is 1. The summed E-state index contributed by atoms with van der Waals surface area (Å²) in [7, 11) is 0. The molecule has 0 saturated carbocycles. The van der Waals surface area contributed by atoms with Crippen LogP contribution in [-0.2, 0) is 0 Å². The molecule has 24 heavy (non-hydrogen) atoms. The van der Waals surface area contributed by atoms with Gasteiger partial charge in [0, 0.05) is 17.8 Å². The first-order valence-electron chi connectivity index (χ1n) is 7.19. The summed E-state index contributed by atoms with van der Waals surface area (Å²) in [6, 6.07) is 11.6. The summed E-state index contributed by atoms with van der Waals surface area (Å²) >= 11 is 3.08. The van der Waals surface area contributed by atoms with Crippen LogP contribution in [0.25, 0.3) is 15.6 Å². The Morgan fingerprint density at radius 2 is 2.04 bits per heavy atom. The minimum absolute atomic E-state index is 0.221. The van der Waals surface area contributed by atoms with Crippen LogP contribution in [0.4, 0.5) is 5.69 Å². The van der Waals surface area contributed by atoms with Gasteiger partial charge in [0.25, 0.3) is 5.91 Å². The number of carbonyl (C=O) groups is 1. The third kappa shape index (κ3) is 2.86. The topological polar surface area (TPSA) is 59.8 Å². The predicted molar refractivity (Wildman–Crippen MR) is 96.9 cm³/mol. The number of anilines is 1. The van der Waals surface area contributed by atoms with E-state index in [-0.39, 0.29) is 5.91 Å². The molecule has 0 atom stereocenters. The minimum atomic E-state index is -0.221. The van der Waals surface area contributed by atoms with Gasteiger partial charge < -0.3 is 9.88 Å². The van der Waals surface area contributed by atoms with Crippen molar-refractivity contribution in [3.8, 4) is 15.6 Å². The standard InChI is InChI=1S/C17H12N4OS2/c22-16(13-10-24-17(20-13)15-6-3-9-23-15)19-12-4-1-2-5-14(12)21-8-7-18-11-21/h1-11H,(H,19,22). The quantitative estimate of drug-likeness (QED) is 0.595. The van der Waals surface area contributed by atoms with Crippen molar-refractivity contribution in [2.45, 2.75) is 0 Å². The Morgan fingerprint density at radius 1 is 1.12 bits per heavy atom. The molecule has 5 nitrogen and oxygen atoms in total. The van der Waals surface area contributed by atoms with Crippen molar-refractivity contribution in [1.29, 1.82) is 0 Å². The first-order chi connectivity index (χ1) is 11.8. The molecule has 0 bridgehead atoms. The Morgan fingerprint density at radius 3 is 2.83 bits per heavy atom.